The molecule has 6 heteroatoms. The van der Waals surface area contributed by atoms with Crippen molar-refractivity contribution in [2.24, 2.45) is 0 Å². The number of hydrogen-bond acceptors (Lipinski definition) is 3. The number of carbonyl (C=O) groups excluding carboxylic acids is 1. The number of aromatic nitrogens is 2. The fourth-order valence-electron chi connectivity index (χ4n) is 2.70. The first-order chi connectivity index (χ1) is 10.5. The number of nitrogens with zero attached hydrogens (tertiary/aromatic N) is 3. The van der Waals surface area contributed by atoms with Crippen LogP contribution >= 0.6 is 0 Å². The quantitative estimate of drug-likeness (QED) is 0.857. The smallest absolute Gasteiger partial charge is 0.276 e. The first kappa shape index (κ1) is 14.6. The maximum Gasteiger partial charge on any atom is 0.276 e. The minimum absolute atomic E-state index is 0.148. The van der Waals surface area contributed by atoms with Crippen molar-refractivity contribution in [1.29, 1.82) is 0 Å². The number of rotatable bonds is 2. The van der Waals surface area contributed by atoms with E-state index in [9.17, 15) is 9.18 Å². The largest absolute Gasteiger partial charge is 0.487 e. The van der Waals surface area contributed by atoms with E-state index in [0.29, 0.717) is 30.2 Å². The fourth-order valence-corrected chi connectivity index (χ4v) is 2.70. The highest BCUT2D eigenvalue weighted by atomic mass is 19.1. The van der Waals surface area contributed by atoms with E-state index in [1.807, 2.05) is 20.8 Å². The van der Waals surface area contributed by atoms with Gasteiger partial charge in [0.1, 0.15) is 23.4 Å². The van der Waals surface area contributed by atoms with Crippen LogP contribution in [0.5, 0.6) is 5.75 Å². The molecule has 0 N–H and O–H groups in total. The molecule has 0 saturated heterocycles. The molecule has 116 valence electrons. The van der Waals surface area contributed by atoms with Gasteiger partial charge in [0.25, 0.3) is 5.91 Å². The third kappa shape index (κ3) is 2.45. The molecule has 0 aliphatic carbocycles. The van der Waals surface area contributed by atoms with Gasteiger partial charge in [0, 0.05) is 12.6 Å². The Morgan fingerprint density at radius 2 is 2.23 bits per heavy atom. The van der Waals surface area contributed by atoms with E-state index in [2.05, 4.69) is 5.10 Å². The summed E-state index contributed by atoms with van der Waals surface area (Å²) in [5, 5.41) is 4.31. The summed E-state index contributed by atoms with van der Waals surface area (Å²) in [7, 11) is 0. The van der Waals surface area contributed by atoms with Crippen molar-refractivity contribution < 1.29 is 13.9 Å². The van der Waals surface area contributed by atoms with Crippen LogP contribution in [0.15, 0.2) is 24.3 Å². The van der Waals surface area contributed by atoms with Gasteiger partial charge in [-0.05, 0) is 39.0 Å². The lowest BCUT2D eigenvalue weighted by molar-refractivity contribution is 0.0950. The number of benzene rings is 1. The van der Waals surface area contributed by atoms with Crippen LogP contribution in [0.3, 0.4) is 0 Å². The molecule has 0 radical (unpaired) electrons. The average Bonchev–Trinajstić information content (AvgIpc) is 2.86. The molecule has 1 aliphatic rings. The second-order valence-electron chi connectivity index (χ2n) is 5.44. The molecule has 0 saturated carbocycles. The standard InChI is InChI=1S/C16H18FN3O2/c1-4-20-14(7-10(2)18-20)16(21)19-9-11(3)22-15-8-12(17)5-6-13(15)19/h5-8,11H,4,9H2,1-3H3/t11-/m1/s1. The number of anilines is 1. The molecule has 0 fully saturated rings. The predicted molar refractivity (Wildman–Crippen MR) is 80.8 cm³/mol. The van der Waals surface area contributed by atoms with Crippen LogP contribution in [0.25, 0.3) is 0 Å². The maximum absolute atomic E-state index is 13.4. The number of amides is 1. The van der Waals surface area contributed by atoms with Crippen LogP contribution in [0.2, 0.25) is 0 Å². The molecule has 1 aromatic heterocycles. The summed E-state index contributed by atoms with van der Waals surface area (Å²) in [6.07, 6.45) is -0.197. The molecule has 3 rings (SSSR count). The molecule has 0 bridgehead atoms. The van der Waals surface area contributed by atoms with Gasteiger partial charge >= 0.3 is 0 Å². The fraction of sp³-hybridized carbons (Fsp3) is 0.375. The maximum atomic E-state index is 13.4. The Hall–Kier alpha value is -2.37. The molecule has 1 atom stereocenters. The van der Waals surface area contributed by atoms with E-state index in [4.69, 9.17) is 4.74 Å². The Morgan fingerprint density at radius 3 is 2.95 bits per heavy atom. The van der Waals surface area contributed by atoms with Gasteiger partial charge in [-0.15, -0.1) is 0 Å². The van der Waals surface area contributed by atoms with Gasteiger partial charge in [0.2, 0.25) is 0 Å². The van der Waals surface area contributed by atoms with E-state index in [1.165, 1.54) is 12.1 Å². The zero-order valence-electron chi connectivity index (χ0n) is 12.8. The van der Waals surface area contributed by atoms with Gasteiger partial charge in [0.05, 0.1) is 17.9 Å². The van der Waals surface area contributed by atoms with E-state index in [1.54, 1.807) is 21.7 Å². The number of ether oxygens (including phenoxy) is 1. The minimum atomic E-state index is -0.380. The lowest BCUT2D eigenvalue weighted by Crippen LogP contribution is -2.43. The molecule has 0 spiro atoms. The molecule has 2 heterocycles. The van der Waals surface area contributed by atoms with Crippen LogP contribution in [-0.4, -0.2) is 28.3 Å². The van der Waals surface area contributed by atoms with E-state index in [0.717, 1.165) is 5.69 Å². The Bertz CT molecular complexity index is 726. The number of aryl methyl sites for hydroxylation is 2. The van der Waals surface area contributed by atoms with Crippen LogP contribution in [0.4, 0.5) is 10.1 Å². The first-order valence-electron chi connectivity index (χ1n) is 7.32. The third-order valence-electron chi connectivity index (χ3n) is 3.65. The zero-order valence-corrected chi connectivity index (χ0v) is 12.8. The van der Waals surface area contributed by atoms with Crippen molar-refractivity contribution in [2.45, 2.75) is 33.4 Å². The van der Waals surface area contributed by atoms with E-state index in [-0.39, 0.29) is 17.8 Å². The van der Waals surface area contributed by atoms with Crippen molar-refractivity contribution in [3.8, 4) is 5.75 Å². The molecule has 1 aliphatic heterocycles. The van der Waals surface area contributed by atoms with Crippen LogP contribution < -0.4 is 9.64 Å². The van der Waals surface area contributed by atoms with Gasteiger partial charge < -0.3 is 4.74 Å². The topological polar surface area (TPSA) is 47.4 Å². The molecule has 1 aromatic carbocycles. The summed E-state index contributed by atoms with van der Waals surface area (Å²) in [5.74, 6) is -0.133. The number of carbonyl (C=O) groups is 1. The molecule has 2 aromatic rings. The lowest BCUT2D eigenvalue weighted by Gasteiger charge is -2.33. The zero-order chi connectivity index (χ0) is 15.9. The molecule has 0 unspecified atom stereocenters. The van der Waals surface area contributed by atoms with Gasteiger partial charge in [-0.1, -0.05) is 0 Å². The normalized spacial score (nSPS) is 17.1. The number of hydrogen-bond donors (Lipinski definition) is 0. The van der Waals surface area contributed by atoms with Crippen molar-refractivity contribution >= 4 is 11.6 Å². The Balaban J connectivity index is 2.03. The molecular formula is C16H18FN3O2. The summed E-state index contributed by atoms with van der Waals surface area (Å²) in [5.41, 5.74) is 1.92. The second kappa shape index (κ2) is 5.44. The lowest BCUT2D eigenvalue weighted by atomic mass is 10.1. The number of fused-ring (bicyclic) bond motifs is 1. The Labute approximate surface area is 128 Å². The van der Waals surface area contributed by atoms with Crippen molar-refractivity contribution in [1.82, 2.24) is 9.78 Å². The summed E-state index contributed by atoms with van der Waals surface area (Å²) in [4.78, 5) is 14.5. The summed E-state index contributed by atoms with van der Waals surface area (Å²) >= 11 is 0. The van der Waals surface area contributed by atoms with Gasteiger partial charge in [-0.25, -0.2) is 4.39 Å². The highest BCUT2D eigenvalue weighted by molar-refractivity contribution is 6.06. The van der Waals surface area contributed by atoms with Gasteiger partial charge in [0.15, 0.2) is 0 Å². The van der Waals surface area contributed by atoms with Crippen molar-refractivity contribution in [3.63, 3.8) is 0 Å². The predicted octanol–water partition coefficient (Wildman–Crippen LogP) is 2.78. The van der Waals surface area contributed by atoms with Gasteiger partial charge in [-0.2, -0.15) is 5.10 Å². The molecule has 5 nitrogen and oxygen atoms in total. The Morgan fingerprint density at radius 1 is 1.45 bits per heavy atom. The monoisotopic (exact) mass is 303 g/mol. The molecular weight excluding hydrogens is 285 g/mol. The van der Waals surface area contributed by atoms with E-state index >= 15 is 0 Å². The molecule has 1 amide bonds. The average molecular weight is 303 g/mol. The summed E-state index contributed by atoms with van der Waals surface area (Å²) in [6, 6.07) is 6.00. The number of halogens is 1. The van der Waals surface area contributed by atoms with E-state index < -0.39 is 0 Å². The Kier molecular flexibility index (Phi) is 3.60. The van der Waals surface area contributed by atoms with Crippen LogP contribution in [0, 0.1) is 12.7 Å². The summed E-state index contributed by atoms with van der Waals surface area (Å²) < 4.78 is 20.7. The molecule has 22 heavy (non-hydrogen) atoms. The minimum Gasteiger partial charge on any atom is -0.487 e. The van der Waals surface area contributed by atoms with Gasteiger partial charge in [-0.3, -0.25) is 14.4 Å². The SMILES string of the molecule is CCn1nc(C)cc1C(=O)N1C[C@@H](C)Oc2cc(F)ccc21. The highest BCUT2D eigenvalue weighted by Gasteiger charge is 2.30. The van der Waals surface area contributed by atoms with Crippen molar-refractivity contribution in [3.05, 3.63) is 41.5 Å². The summed E-state index contributed by atoms with van der Waals surface area (Å²) in [6.45, 7) is 6.69. The van der Waals surface area contributed by atoms with Crippen LogP contribution in [-0.2, 0) is 6.54 Å². The van der Waals surface area contributed by atoms with Crippen LogP contribution in [0.1, 0.15) is 30.0 Å². The van der Waals surface area contributed by atoms with Crippen molar-refractivity contribution in [2.75, 3.05) is 11.4 Å². The second-order valence-corrected chi connectivity index (χ2v) is 5.44. The third-order valence-corrected chi connectivity index (χ3v) is 3.65. The first-order valence-corrected chi connectivity index (χ1v) is 7.32. The highest BCUT2D eigenvalue weighted by Crippen LogP contribution is 2.34.